The number of nitrogens with one attached hydrogen (secondary N) is 1. The molecule has 2 rings (SSSR count). The molecule has 8 nitrogen and oxygen atoms in total. The number of aromatic amines is 1. The van der Waals surface area contributed by atoms with Crippen molar-refractivity contribution < 1.29 is 14.9 Å². The number of aromatic nitrogens is 2. The first kappa shape index (κ1) is 13.5. The van der Waals surface area contributed by atoms with Gasteiger partial charge in [-0.2, -0.15) is 5.26 Å². The molecule has 1 aliphatic rings. The fourth-order valence-electron chi connectivity index (χ4n) is 2.06. The molecule has 8 heteroatoms. The summed E-state index contributed by atoms with van der Waals surface area (Å²) >= 11 is 0. The van der Waals surface area contributed by atoms with Crippen LogP contribution in [0.2, 0.25) is 0 Å². The first-order chi connectivity index (χ1) is 8.99. The molecule has 3 N–H and O–H groups in total. The fourth-order valence-corrected chi connectivity index (χ4v) is 2.06. The molecule has 0 radical (unpaired) electrons. The maximum atomic E-state index is 11.7. The lowest BCUT2D eigenvalue weighted by Gasteiger charge is -2.17. The van der Waals surface area contributed by atoms with Gasteiger partial charge in [0.1, 0.15) is 18.1 Å². The third kappa shape index (κ3) is 2.19. The van der Waals surface area contributed by atoms with E-state index in [2.05, 4.69) is 4.98 Å². The molecular formula is C11H13N3O5. The Bertz CT molecular complexity index is 628. The lowest BCUT2D eigenvalue weighted by atomic mass is 10.0. The second kappa shape index (κ2) is 4.97. The lowest BCUT2D eigenvalue weighted by Crippen LogP contribution is -2.37. The fraction of sp³-hybridized carbons (Fsp3) is 0.545. The van der Waals surface area contributed by atoms with Gasteiger partial charge in [-0.15, -0.1) is 0 Å². The Morgan fingerprint density at radius 1 is 1.58 bits per heavy atom. The van der Waals surface area contributed by atoms with Crippen LogP contribution in [0.4, 0.5) is 0 Å². The predicted molar refractivity (Wildman–Crippen MR) is 62.2 cm³/mol. The van der Waals surface area contributed by atoms with Crippen LogP contribution in [0, 0.1) is 24.2 Å². The zero-order valence-corrected chi connectivity index (χ0v) is 10.1. The van der Waals surface area contributed by atoms with E-state index in [-0.39, 0.29) is 5.56 Å². The molecule has 0 aromatic carbocycles. The second-order valence-corrected chi connectivity index (χ2v) is 4.37. The molecule has 0 amide bonds. The molecule has 0 spiro atoms. The summed E-state index contributed by atoms with van der Waals surface area (Å²) in [6.45, 7) is 1.06. The molecule has 0 unspecified atom stereocenters. The highest BCUT2D eigenvalue weighted by molar-refractivity contribution is 5.05. The third-order valence-corrected chi connectivity index (χ3v) is 3.12. The number of nitrogens with zero attached hydrogens (tertiary/aromatic N) is 2. The molecule has 0 bridgehead atoms. The van der Waals surface area contributed by atoms with Crippen LogP contribution in [0.3, 0.4) is 0 Å². The molecule has 1 aromatic heterocycles. The van der Waals surface area contributed by atoms with E-state index in [0.29, 0.717) is 0 Å². The van der Waals surface area contributed by atoms with Crippen molar-refractivity contribution in [1.82, 2.24) is 9.55 Å². The number of nitriles is 1. The molecule has 102 valence electrons. The standard InChI is InChI=1S/C11H13N3O5/c1-5-3-14(11(18)13-9(5)17)10-8(16)6(2-12)7(4-15)19-10/h3,6-8,10,15-16H,4H2,1H3,(H,13,17,18)/t6-,7-,8+,10-/m1/s1. The van der Waals surface area contributed by atoms with Gasteiger partial charge in [-0.3, -0.25) is 14.3 Å². The third-order valence-electron chi connectivity index (χ3n) is 3.12. The van der Waals surface area contributed by atoms with E-state index in [0.717, 1.165) is 4.57 Å². The van der Waals surface area contributed by atoms with Gasteiger partial charge < -0.3 is 14.9 Å². The van der Waals surface area contributed by atoms with Crippen molar-refractivity contribution in [1.29, 1.82) is 5.26 Å². The van der Waals surface area contributed by atoms with Gasteiger partial charge in [-0.05, 0) is 6.92 Å². The van der Waals surface area contributed by atoms with Gasteiger partial charge in [0.2, 0.25) is 0 Å². The predicted octanol–water partition coefficient (Wildman–Crippen LogP) is -1.76. The van der Waals surface area contributed by atoms with Crippen LogP contribution >= 0.6 is 0 Å². The molecule has 1 fully saturated rings. The summed E-state index contributed by atoms with van der Waals surface area (Å²) in [5.41, 5.74) is -0.990. The monoisotopic (exact) mass is 267 g/mol. The minimum Gasteiger partial charge on any atom is -0.394 e. The summed E-state index contributed by atoms with van der Waals surface area (Å²) in [5.74, 6) is -0.936. The van der Waals surface area contributed by atoms with Gasteiger partial charge in [-0.1, -0.05) is 0 Å². The molecule has 1 aliphatic heterocycles. The number of aliphatic hydroxyl groups is 2. The van der Waals surface area contributed by atoms with Crippen molar-refractivity contribution in [2.24, 2.45) is 5.92 Å². The highest BCUT2D eigenvalue weighted by Gasteiger charge is 2.45. The van der Waals surface area contributed by atoms with Crippen molar-refractivity contribution in [2.45, 2.75) is 25.4 Å². The number of aliphatic hydroxyl groups excluding tert-OH is 2. The van der Waals surface area contributed by atoms with Gasteiger partial charge >= 0.3 is 5.69 Å². The summed E-state index contributed by atoms with van der Waals surface area (Å²) in [4.78, 5) is 25.0. The summed E-state index contributed by atoms with van der Waals surface area (Å²) in [5, 5.41) is 28.0. The SMILES string of the molecule is Cc1cn([C@@H]2O[C@H](CO)[C@@H](C#N)[C@@H]2O)c(=O)[nH]c1=O. The van der Waals surface area contributed by atoms with Gasteiger partial charge in [0, 0.05) is 11.8 Å². The normalized spacial score (nSPS) is 30.2. The number of hydrogen-bond acceptors (Lipinski definition) is 6. The number of hydrogen-bond donors (Lipinski definition) is 3. The van der Waals surface area contributed by atoms with Crippen LogP contribution in [-0.4, -0.2) is 38.6 Å². The summed E-state index contributed by atoms with van der Waals surface area (Å²) in [6.07, 6.45) is -1.98. The van der Waals surface area contributed by atoms with Gasteiger partial charge in [0.05, 0.1) is 12.7 Å². The summed E-state index contributed by atoms with van der Waals surface area (Å²) in [6, 6.07) is 1.84. The zero-order chi connectivity index (χ0) is 14.2. The van der Waals surface area contributed by atoms with E-state index in [9.17, 15) is 14.7 Å². The van der Waals surface area contributed by atoms with Crippen LogP contribution in [0.5, 0.6) is 0 Å². The topological polar surface area (TPSA) is 128 Å². The number of aryl methyl sites for hydroxylation is 1. The summed E-state index contributed by atoms with van der Waals surface area (Å²) < 4.78 is 6.32. The van der Waals surface area contributed by atoms with Crippen molar-refractivity contribution in [3.8, 4) is 6.07 Å². The minimum absolute atomic E-state index is 0.274. The second-order valence-electron chi connectivity index (χ2n) is 4.37. The molecule has 2 heterocycles. The van der Waals surface area contributed by atoms with E-state index in [1.165, 1.54) is 13.1 Å². The highest BCUT2D eigenvalue weighted by Crippen LogP contribution is 2.32. The molecule has 4 atom stereocenters. The van der Waals surface area contributed by atoms with Crippen LogP contribution < -0.4 is 11.2 Å². The Balaban J connectivity index is 2.44. The average Bonchev–Trinajstić information content (AvgIpc) is 2.70. The number of H-pyrrole nitrogens is 1. The Kier molecular flexibility index (Phi) is 3.53. The van der Waals surface area contributed by atoms with E-state index in [1.54, 1.807) is 0 Å². The largest absolute Gasteiger partial charge is 0.394 e. The first-order valence-electron chi connectivity index (χ1n) is 5.65. The Hall–Kier alpha value is -1.95. The number of ether oxygens (including phenoxy) is 1. The zero-order valence-electron chi connectivity index (χ0n) is 10.1. The van der Waals surface area contributed by atoms with Crippen molar-refractivity contribution in [3.05, 3.63) is 32.6 Å². The van der Waals surface area contributed by atoms with Crippen molar-refractivity contribution in [2.75, 3.05) is 6.61 Å². The molecule has 0 aliphatic carbocycles. The van der Waals surface area contributed by atoms with Crippen LogP contribution in [0.1, 0.15) is 11.8 Å². The Morgan fingerprint density at radius 2 is 2.26 bits per heavy atom. The van der Waals surface area contributed by atoms with Gasteiger partial charge in [0.25, 0.3) is 5.56 Å². The van der Waals surface area contributed by atoms with Crippen LogP contribution in [0.15, 0.2) is 15.8 Å². The Morgan fingerprint density at radius 3 is 2.79 bits per heavy atom. The van der Waals surface area contributed by atoms with Gasteiger partial charge in [-0.25, -0.2) is 4.79 Å². The smallest absolute Gasteiger partial charge is 0.330 e. The maximum Gasteiger partial charge on any atom is 0.330 e. The molecular weight excluding hydrogens is 254 g/mol. The Labute approximate surface area is 107 Å². The van der Waals surface area contributed by atoms with Gasteiger partial charge in [0.15, 0.2) is 6.23 Å². The molecule has 1 saturated heterocycles. The van der Waals surface area contributed by atoms with E-state index >= 15 is 0 Å². The van der Waals surface area contributed by atoms with E-state index < -0.39 is 42.2 Å². The molecule has 19 heavy (non-hydrogen) atoms. The summed E-state index contributed by atoms with van der Waals surface area (Å²) in [7, 11) is 0. The average molecular weight is 267 g/mol. The number of rotatable bonds is 2. The quantitative estimate of drug-likeness (QED) is 0.582. The van der Waals surface area contributed by atoms with Crippen molar-refractivity contribution >= 4 is 0 Å². The van der Waals surface area contributed by atoms with Crippen molar-refractivity contribution in [3.63, 3.8) is 0 Å². The van der Waals surface area contributed by atoms with Crippen LogP contribution in [0.25, 0.3) is 0 Å². The minimum atomic E-state index is -1.26. The van der Waals surface area contributed by atoms with E-state index in [4.69, 9.17) is 15.1 Å². The lowest BCUT2D eigenvalue weighted by molar-refractivity contribution is -0.0534. The maximum absolute atomic E-state index is 11.7. The van der Waals surface area contributed by atoms with Crippen LogP contribution in [-0.2, 0) is 4.74 Å². The highest BCUT2D eigenvalue weighted by atomic mass is 16.5. The molecule has 0 saturated carbocycles. The first-order valence-corrected chi connectivity index (χ1v) is 5.65. The van der Waals surface area contributed by atoms with E-state index in [1.807, 2.05) is 6.07 Å². The molecule has 1 aromatic rings.